The van der Waals surface area contributed by atoms with Crippen LogP contribution >= 0.6 is 11.3 Å². The molecule has 0 aliphatic heterocycles. The standard InChI is InChI=1S/C21H28N6S/c1-17-25-19(16-28-17)15-26(3)21(22-2)24-14-20-23-11-13-27(20)12-7-10-18-8-5-4-6-9-18/h4-6,8-9,11,13,16H,7,10,12,14-15H2,1-3H3,(H,22,24). The van der Waals surface area contributed by atoms with Crippen LogP contribution in [0.3, 0.4) is 0 Å². The molecule has 0 aliphatic rings. The molecule has 1 aromatic carbocycles. The summed E-state index contributed by atoms with van der Waals surface area (Å²) >= 11 is 1.67. The quantitative estimate of drug-likeness (QED) is 0.468. The lowest BCUT2D eigenvalue weighted by molar-refractivity contribution is 0.467. The van der Waals surface area contributed by atoms with E-state index >= 15 is 0 Å². The van der Waals surface area contributed by atoms with Crippen molar-refractivity contribution in [2.24, 2.45) is 4.99 Å². The topological polar surface area (TPSA) is 58.3 Å². The molecule has 0 unspecified atom stereocenters. The van der Waals surface area contributed by atoms with Crippen LogP contribution in [-0.4, -0.2) is 39.5 Å². The van der Waals surface area contributed by atoms with Crippen molar-refractivity contribution < 1.29 is 0 Å². The molecule has 0 bridgehead atoms. The zero-order valence-corrected chi connectivity index (χ0v) is 17.6. The van der Waals surface area contributed by atoms with Gasteiger partial charge in [0.25, 0.3) is 0 Å². The Labute approximate surface area is 171 Å². The highest BCUT2D eigenvalue weighted by Gasteiger charge is 2.10. The smallest absolute Gasteiger partial charge is 0.194 e. The molecule has 0 amide bonds. The molecule has 2 aromatic heterocycles. The molecular formula is C21H28N6S. The largest absolute Gasteiger partial charge is 0.349 e. The average molecular weight is 397 g/mol. The summed E-state index contributed by atoms with van der Waals surface area (Å²) in [4.78, 5) is 15.5. The number of hydrogen-bond donors (Lipinski definition) is 1. The molecule has 1 N–H and O–H groups in total. The first-order valence-electron chi connectivity index (χ1n) is 9.52. The third-order valence-corrected chi connectivity index (χ3v) is 5.38. The van der Waals surface area contributed by atoms with E-state index in [1.54, 1.807) is 18.4 Å². The molecule has 3 aromatic rings. The summed E-state index contributed by atoms with van der Waals surface area (Å²) in [5.41, 5.74) is 2.44. The van der Waals surface area contributed by atoms with Crippen LogP contribution in [0.1, 0.15) is 28.5 Å². The molecule has 0 atom stereocenters. The van der Waals surface area contributed by atoms with E-state index < -0.39 is 0 Å². The Morgan fingerprint density at radius 1 is 1.29 bits per heavy atom. The van der Waals surface area contributed by atoms with Crippen LogP contribution in [-0.2, 0) is 26.1 Å². The zero-order chi connectivity index (χ0) is 19.8. The lowest BCUT2D eigenvalue weighted by atomic mass is 10.1. The Hall–Kier alpha value is -2.67. The van der Waals surface area contributed by atoms with E-state index in [1.807, 2.05) is 26.4 Å². The van der Waals surface area contributed by atoms with E-state index in [0.29, 0.717) is 6.54 Å². The summed E-state index contributed by atoms with van der Waals surface area (Å²) in [5, 5.41) is 6.60. The van der Waals surface area contributed by atoms with Gasteiger partial charge >= 0.3 is 0 Å². The Kier molecular flexibility index (Phi) is 7.19. The predicted octanol–water partition coefficient (Wildman–Crippen LogP) is 3.49. The van der Waals surface area contributed by atoms with Crippen LogP contribution < -0.4 is 5.32 Å². The normalized spacial score (nSPS) is 11.6. The van der Waals surface area contributed by atoms with Crippen molar-refractivity contribution in [3.05, 3.63) is 70.2 Å². The third kappa shape index (κ3) is 5.66. The van der Waals surface area contributed by atoms with Crippen molar-refractivity contribution in [3.63, 3.8) is 0 Å². The Balaban J connectivity index is 1.50. The molecule has 3 rings (SSSR count). The maximum atomic E-state index is 4.53. The summed E-state index contributed by atoms with van der Waals surface area (Å²) in [6.45, 7) is 4.36. The minimum absolute atomic E-state index is 0.644. The van der Waals surface area contributed by atoms with Crippen LogP contribution in [0, 0.1) is 6.92 Å². The highest BCUT2D eigenvalue weighted by Crippen LogP contribution is 2.10. The number of nitrogens with one attached hydrogen (secondary N) is 1. The second kappa shape index (κ2) is 10.0. The number of aliphatic imine (C=N–C) groups is 1. The van der Waals surface area contributed by atoms with Gasteiger partial charge in [-0.1, -0.05) is 30.3 Å². The molecule has 28 heavy (non-hydrogen) atoms. The molecule has 0 saturated carbocycles. The van der Waals surface area contributed by atoms with Crippen molar-refractivity contribution in [1.82, 2.24) is 24.8 Å². The van der Waals surface area contributed by atoms with Crippen LogP contribution in [0.15, 0.2) is 53.1 Å². The van der Waals surface area contributed by atoms with Gasteiger partial charge in [-0.2, -0.15) is 0 Å². The molecule has 0 saturated heterocycles. The van der Waals surface area contributed by atoms with Gasteiger partial charge < -0.3 is 14.8 Å². The van der Waals surface area contributed by atoms with Crippen molar-refractivity contribution in [2.45, 2.75) is 39.4 Å². The highest BCUT2D eigenvalue weighted by atomic mass is 32.1. The van der Waals surface area contributed by atoms with Crippen molar-refractivity contribution >= 4 is 17.3 Å². The Morgan fingerprint density at radius 2 is 2.11 bits per heavy atom. The van der Waals surface area contributed by atoms with Gasteiger partial charge in [0.2, 0.25) is 0 Å². The molecular weight excluding hydrogens is 368 g/mol. The molecule has 148 valence electrons. The number of aromatic nitrogens is 3. The number of imidazole rings is 1. The van der Waals surface area contributed by atoms with Crippen LogP contribution in [0.4, 0.5) is 0 Å². The van der Waals surface area contributed by atoms with Crippen molar-refractivity contribution in [2.75, 3.05) is 14.1 Å². The SMILES string of the molecule is CN=C(NCc1nccn1CCCc1ccccc1)N(C)Cc1csc(C)n1. The highest BCUT2D eigenvalue weighted by molar-refractivity contribution is 7.09. The maximum Gasteiger partial charge on any atom is 0.194 e. The van der Waals surface area contributed by atoms with Crippen LogP contribution in [0.2, 0.25) is 0 Å². The zero-order valence-electron chi connectivity index (χ0n) is 16.8. The lowest BCUT2D eigenvalue weighted by Gasteiger charge is -2.21. The number of aryl methyl sites for hydroxylation is 3. The van der Waals surface area contributed by atoms with Crippen molar-refractivity contribution in [3.8, 4) is 0 Å². The summed E-state index contributed by atoms with van der Waals surface area (Å²) in [6, 6.07) is 10.6. The van der Waals surface area contributed by atoms with Crippen molar-refractivity contribution in [1.29, 1.82) is 0 Å². The van der Waals surface area contributed by atoms with Gasteiger partial charge in [0.05, 0.1) is 23.8 Å². The minimum atomic E-state index is 0.644. The first-order valence-corrected chi connectivity index (χ1v) is 10.4. The average Bonchev–Trinajstić information content (AvgIpc) is 3.32. The number of benzene rings is 1. The first-order chi connectivity index (χ1) is 13.7. The fourth-order valence-electron chi connectivity index (χ4n) is 3.15. The Bertz CT molecular complexity index is 883. The molecule has 0 aliphatic carbocycles. The molecule has 0 radical (unpaired) electrons. The van der Waals surface area contributed by atoms with E-state index in [0.717, 1.165) is 48.4 Å². The van der Waals surface area contributed by atoms with E-state index in [1.165, 1.54) is 5.56 Å². The van der Waals surface area contributed by atoms with Gasteiger partial charge in [-0.05, 0) is 25.3 Å². The molecule has 7 heteroatoms. The van der Waals surface area contributed by atoms with E-state index in [4.69, 9.17) is 0 Å². The summed E-state index contributed by atoms with van der Waals surface area (Å²) in [5.74, 6) is 1.86. The monoisotopic (exact) mass is 396 g/mol. The predicted molar refractivity (Wildman–Crippen MR) is 116 cm³/mol. The molecule has 6 nitrogen and oxygen atoms in total. The first kappa shape index (κ1) is 20.1. The van der Waals surface area contributed by atoms with Gasteiger partial charge in [-0.25, -0.2) is 9.97 Å². The number of rotatable bonds is 8. The van der Waals surface area contributed by atoms with Gasteiger partial charge in [0, 0.05) is 38.4 Å². The van der Waals surface area contributed by atoms with E-state index in [9.17, 15) is 0 Å². The fraction of sp³-hybridized carbons (Fsp3) is 0.381. The molecule has 0 fully saturated rings. The summed E-state index contributed by atoms with van der Waals surface area (Å²) < 4.78 is 2.22. The van der Waals surface area contributed by atoms with E-state index in [2.05, 4.69) is 65.5 Å². The minimum Gasteiger partial charge on any atom is -0.349 e. The van der Waals surface area contributed by atoms with Crippen LogP contribution in [0.25, 0.3) is 0 Å². The van der Waals surface area contributed by atoms with Gasteiger partial charge in [0.15, 0.2) is 5.96 Å². The fourth-order valence-corrected chi connectivity index (χ4v) is 3.75. The number of nitrogens with zero attached hydrogens (tertiary/aromatic N) is 5. The number of guanidine groups is 1. The second-order valence-electron chi connectivity index (χ2n) is 6.74. The summed E-state index contributed by atoms with van der Waals surface area (Å²) in [7, 11) is 3.83. The second-order valence-corrected chi connectivity index (χ2v) is 7.80. The van der Waals surface area contributed by atoms with Crippen LogP contribution in [0.5, 0.6) is 0 Å². The molecule has 2 heterocycles. The lowest BCUT2D eigenvalue weighted by Crippen LogP contribution is -2.38. The van der Waals surface area contributed by atoms with Gasteiger partial charge in [-0.15, -0.1) is 11.3 Å². The number of hydrogen-bond acceptors (Lipinski definition) is 4. The van der Waals surface area contributed by atoms with E-state index in [-0.39, 0.29) is 0 Å². The number of thiazole rings is 1. The third-order valence-electron chi connectivity index (χ3n) is 4.55. The van der Waals surface area contributed by atoms with Gasteiger partial charge in [-0.3, -0.25) is 4.99 Å². The maximum absolute atomic E-state index is 4.53. The summed E-state index contributed by atoms with van der Waals surface area (Å²) in [6.07, 6.45) is 6.07. The Morgan fingerprint density at radius 3 is 2.82 bits per heavy atom. The molecule has 0 spiro atoms. The van der Waals surface area contributed by atoms with Gasteiger partial charge in [0.1, 0.15) is 5.82 Å².